The van der Waals surface area contributed by atoms with Crippen molar-refractivity contribution in [3.05, 3.63) is 30.6 Å². The van der Waals surface area contributed by atoms with Gasteiger partial charge in [0.25, 0.3) is 0 Å². The monoisotopic (exact) mass is 398 g/mol. The molecule has 0 unspecified atom stereocenters. The molecule has 28 heavy (non-hydrogen) atoms. The molecule has 1 fully saturated rings. The number of carbonyl (C=O) groups excluding carboxylic acids is 1. The Balaban J connectivity index is 1.54. The fraction of sp³-hybridized carbons (Fsp3) is 0.421. The van der Waals surface area contributed by atoms with Crippen molar-refractivity contribution in [2.24, 2.45) is 0 Å². The normalized spacial score (nSPS) is 14.8. The molecule has 2 aromatic heterocycles. The van der Waals surface area contributed by atoms with E-state index in [-0.39, 0.29) is 5.91 Å². The van der Waals surface area contributed by atoms with E-state index in [2.05, 4.69) is 20.3 Å². The first-order valence-corrected chi connectivity index (χ1v) is 10.4. The third-order valence-electron chi connectivity index (χ3n) is 4.79. The number of methoxy groups -OCH3 is 1. The van der Waals surface area contributed by atoms with Gasteiger partial charge in [0.2, 0.25) is 5.91 Å². The molecule has 0 bridgehead atoms. The molecule has 1 aromatic carbocycles. The van der Waals surface area contributed by atoms with Gasteiger partial charge in [-0.15, -0.1) is 5.10 Å². The molecule has 3 heterocycles. The van der Waals surface area contributed by atoms with E-state index in [1.165, 1.54) is 30.9 Å². The second-order valence-corrected chi connectivity index (χ2v) is 7.60. The average molecular weight is 398 g/mol. The number of ether oxygens (including phenoxy) is 1. The van der Waals surface area contributed by atoms with Gasteiger partial charge in [0.05, 0.1) is 18.6 Å². The third kappa shape index (κ3) is 3.94. The lowest BCUT2D eigenvalue weighted by Gasteiger charge is -2.19. The predicted octanol–water partition coefficient (Wildman–Crippen LogP) is 2.71. The van der Waals surface area contributed by atoms with Crippen molar-refractivity contribution in [1.82, 2.24) is 29.9 Å². The maximum atomic E-state index is 12.6. The minimum Gasteiger partial charge on any atom is -0.497 e. The van der Waals surface area contributed by atoms with Gasteiger partial charge in [-0.1, -0.05) is 35.9 Å². The van der Waals surface area contributed by atoms with Crippen molar-refractivity contribution in [3.8, 4) is 11.4 Å². The highest BCUT2D eigenvalue weighted by molar-refractivity contribution is 8.00. The van der Waals surface area contributed by atoms with Gasteiger partial charge in [-0.2, -0.15) is 4.68 Å². The summed E-state index contributed by atoms with van der Waals surface area (Å²) in [6.07, 6.45) is 6.07. The first-order chi connectivity index (χ1) is 13.8. The van der Waals surface area contributed by atoms with E-state index >= 15 is 0 Å². The van der Waals surface area contributed by atoms with Crippen molar-refractivity contribution in [2.75, 3.05) is 26.0 Å². The molecule has 4 rings (SSSR count). The average Bonchev–Trinajstić information content (AvgIpc) is 2.98. The highest BCUT2D eigenvalue weighted by Gasteiger charge is 2.18. The Kier molecular flexibility index (Phi) is 5.70. The number of carbonyl (C=O) groups is 1. The van der Waals surface area contributed by atoms with E-state index in [1.54, 1.807) is 11.8 Å². The Labute approximate surface area is 167 Å². The fourth-order valence-electron chi connectivity index (χ4n) is 3.29. The van der Waals surface area contributed by atoms with E-state index in [9.17, 15) is 4.79 Å². The number of thioether (sulfide) groups is 1. The third-order valence-corrected chi connectivity index (χ3v) is 5.76. The van der Waals surface area contributed by atoms with Crippen LogP contribution in [0, 0.1) is 0 Å². The summed E-state index contributed by atoms with van der Waals surface area (Å²) in [5, 5.41) is 9.16. The van der Waals surface area contributed by atoms with Crippen LogP contribution in [0.15, 0.2) is 35.6 Å². The van der Waals surface area contributed by atoms with Crippen LogP contribution in [0.2, 0.25) is 0 Å². The summed E-state index contributed by atoms with van der Waals surface area (Å²) >= 11 is 1.39. The zero-order valence-electron chi connectivity index (χ0n) is 15.7. The highest BCUT2D eigenvalue weighted by Crippen LogP contribution is 2.25. The summed E-state index contributed by atoms with van der Waals surface area (Å²) in [6.45, 7) is 1.70. The van der Waals surface area contributed by atoms with Gasteiger partial charge in [-0.3, -0.25) is 4.79 Å². The number of hydrogen-bond donors (Lipinski definition) is 0. The fourth-order valence-corrected chi connectivity index (χ4v) is 4.12. The zero-order chi connectivity index (χ0) is 19.3. The molecular weight excluding hydrogens is 376 g/mol. The molecule has 146 valence electrons. The van der Waals surface area contributed by atoms with E-state index < -0.39 is 0 Å². The summed E-state index contributed by atoms with van der Waals surface area (Å²) in [6, 6.07) is 7.53. The van der Waals surface area contributed by atoms with Crippen molar-refractivity contribution >= 4 is 28.8 Å². The molecule has 0 aliphatic carbocycles. The lowest BCUT2D eigenvalue weighted by atomic mass is 10.2. The van der Waals surface area contributed by atoms with Crippen LogP contribution in [0.5, 0.6) is 5.75 Å². The predicted molar refractivity (Wildman–Crippen MR) is 107 cm³/mol. The molecular formula is C19H22N6O2S. The largest absolute Gasteiger partial charge is 0.497 e. The van der Waals surface area contributed by atoms with Gasteiger partial charge in [-0.25, -0.2) is 9.97 Å². The maximum Gasteiger partial charge on any atom is 0.232 e. The number of hydrogen-bond acceptors (Lipinski definition) is 7. The lowest BCUT2D eigenvalue weighted by molar-refractivity contribution is -0.128. The Morgan fingerprint density at radius 1 is 1.18 bits per heavy atom. The number of nitrogens with zero attached hydrogens (tertiary/aromatic N) is 6. The molecule has 1 aliphatic heterocycles. The number of amides is 1. The number of rotatable bonds is 5. The van der Waals surface area contributed by atoms with Crippen molar-refractivity contribution in [1.29, 1.82) is 0 Å². The summed E-state index contributed by atoms with van der Waals surface area (Å²) < 4.78 is 6.93. The Morgan fingerprint density at radius 3 is 2.79 bits per heavy atom. The second-order valence-electron chi connectivity index (χ2n) is 6.64. The molecule has 0 saturated carbocycles. The molecule has 1 amide bonds. The van der Waals surface area contributed by atoms with Gasteiger partial charge in [-0.05, 0) is 25.0 Å². The quantitative estimate of drug-likeness (QED) is 0.482. The van der Waals surface area contributed by atoms with Crippen molar-refractivity contribution < 1.29 is 9.53 Å². The smallest absolute Gasteiger partial charge is 0.232 e. The molecule has 0 atom stereocenters. The maximum absolute atomic E-state index is 12.6. The van der Waals surface area contributed by atoms with E-state index in [4.69, 9.17) is 4.74 Å². The van der Waals surface area contributed by atoms with E-state index in [0.717, 1.165) is 37.4 Å². The van der Waals surface area contributed by atoms with Crippen LogP contribution in [-0.2, 0) is 4.79 Å². The molecule has 1 aliphatic rings. The summed E-state index contributed by atoms with van der Waals surface area (Å²) in [4.78, 5) is 23.2. The van der Waals surface area contributed by atoms with Gasteiger partial charge in [0.1, 0.15) is 17.1 Å². The standard InChI is InChI=1S/C19H22N6O2S/c1-27-15-8-6-7-14(11-15)25-18-17(22-23-25)19(21-13-20-18)28-12-16(26)24-9-4-2-3-5-10-24/h6-8,11,13H,2-5,9-10,12H2,1H3. The minimum absolute atomic E-state index is 0.152. The number of benzene rings is 1. The molecule has 3 aromatic rings. The van der Waals surface area contributed by atoms with Crippen LogP contribution < -0.4 is 4.74 Å². The van der Waals surface area contributed by atoms with Crippen LogP contribution in [0.1, 0.15) is 25.7 Å². The summed E-state index contributed by atoms with van der Waals surface area (Å²) in [5.41, 5.74) is 2.00. The molecule has 0 radical (unpaired) electrons. The topological polar surface area (TPSA) is 86.0 Å². The van der Waals surface area contributed by atoms with Crippen LogP contribution in [0.25, 0.3) is 16.9 Å². The van der Waals surface area contributed by atoms with E-state index in [1.807, 2.05) is 29.2 Å². The Bertz CT molecular complexity index is 968. The van der Waals surface area contributed by atoms with Crippen LogP contribution in [0.4, 0.5) is 0 Å². The highest BCUT2D eigenvalue weighted by atomic mass is 32.2. The molecule has 0 spiro atoms. The summed E-state index contributed by atoms with van der Waals surface area (Å²) in [5.74, 6) is 1.23. The molecule has 9 heteroatoms. The van der Waals surface area contributed by atoms with E-state index in [0.29, 0.717) is 21.9 Å². The van der Waals surface area contributed by atoms with Gasteiger partial charge in [0, 0.05) is 19.2 Å². The van der Waals surface area contributed by atoms with Gasteiger partial charge < -0.3 is 9.64 Å². The number of aromatic nitrogens is 5. The van der Waals surface area contributed by atoms with Crippen molar-refractivity contribution in [2.45, 2.75) is 30.7 Å². The SMILES string of the molecule is COc1cccc(-n2nnc3c(SCC(=O)N4CCCCCC4)ncnc32)c1. The van der Waals surface area contributed by atoms with Gasteiger partial charge >= 0.3 is 0 Å². The van der Waals surface area contributed by atoms with Crippen molar-refractivity contribution in [3.63, 3.8) is 0 Å². The first-order valence-electron chi connectivity index (χ1n) is 9.37. The summed E-state index contributed by atoms with van der Waals surface area (Å²) in [7, 11) is 1.62. The minimum atomic E-state index is 0.152. The zero-order valence-corrected chi connectivity index (χ0v) is 16.6. The Hall–Kier alpha value is -2.68. The first kappa shape index (κ1) is 18.7. The van der Waals surface area contributed by atoms with Crippen LogP contribution in [-0.4, -0.2) is 61.7 Å². The molecule has 0 N–H and O–H groups in total. The van der Waals surface area contributed by atoms with Gasteiger partial charge in [0.15, 0.2) is 11.2 Å². The lowest BCUT2D eigenvalue weighted by Crippen LogP contribution is -2.33. The van der Waals surface area contributed by atoms with Crippen LogP contribution in [0.3, 0.4) is 0 Å². The Morgan fingerprint density at radius 2 is 2.00 bits per heavy atom. The van der Waals surface area contributed by atoms with Crippen LogP contribution >= 0.6 is 11.8 Å². The molecule has 8 nitrogen and oxygen atoms in total. The molecule has 1 saturated heterocycles. The second kappa shape index (κ2) is 8.55. The number of fused-ring (bicyclic) bond motifs is 1. The number of likely N-dealkylation sites (tertiary alicyclic amines) is 1.